The van der Waals surface area contributed by atoms with Gasteiger partial charge in [-0.15, -0.1) is 0 Å². The number of hydrogen-bond donors (Lipinski definition) is 3. The maximum absolute atomic E-state index is 12.4. The predicted molar refractivity (Wildman–Crippen MR) is 128 cm³/mol. The minimum Gasteiger partial charge on any atom is -0.481 e. The number of carbonyl (C=O) groups excluding carboxylic acids is 2. The van der Waals surface area contributed by atoms with Gasteiger partial charge in [0.15, 0.2) is 0 Å². The van der Waals surface area contributed by atoms with Crippen LogP contribution in [0.15, 0.2) is 48.5 Å². The van der Waals surface area contributed by atoms with Gasteiger partial charge in [0, 0.05) is 39.0 Å². The maximum Gasteiger partial charge on any atom is 0.407 e. The molecule has 2 unspecified atom stereocenters. The third kappa shape index (κ3) is 6.35. The van der Waals surface area contributed by atoms with E-state index in [0.29, 0.717) is 6.42 Å². The molecule has 0 saturated heterocycles. The van der Waals surface area contributed by atoms with Gasteiger partial charge in [0.05, 0.1) is 0 Å². The number of methoxy groups -OCH3 is 1. The molecule has 2 atom stereocenters. The molecule has 3 rings (SSSR count). The Kier molecular flexibility index (Phi) is 9.04. The number of aliphatic carboxylic acids is 1. The molecular formula is C26H32N2O6. The van der Waals surface area contributed by atoms with Crippen molar-refractivity contribution in [1.29, 1.82) is 0 Å². The molecule has 8 nitrogen and oxygen atoms in total. The topological polar surface area (TPSA) is 114 Å². The molecule has 2 amide bonds. The first-order valence-corrected chi connectivity index (χ1v) is 11.6. The Hall–Kier alpha value is -3.39. The van der Waals surface area contributed by atoms with Gasteiger partial charge in [-0.1, -0.05) is 61.9 Å². The number of ether oxygens (including phenoxy) is 2. The highest BCUT2D eigenvalue weighted by Gasteiger charge is 2.29. The second kappa shape index (κ2) is 12.2. The molecule has 1 aliphatic rings. The number of amides is 2. The van der Waals surface area contributed by atoms with Crippen molar-refractivity contribution in [2.45, 2.75) is 38.2 Å². The summed E-state index contributed by atoms with van der Waals surface area (Å²) in [7, 11) is 1.42. The van der Waals surface area contributed by atoms with Crippen molar-refractivity contribution >= 4 is 18.0 Å². The molecule has 0 bridgehead atoms. The van der Waals surface area contributed by atoms with Gasteiger partial charge in [0.2, 0.25) is 5.91 Å². The Bertz CT molecular complexity index is 963. The lowest BCUT2D eigenvalue weighted by Crippen LogP contribution is -2.40. The molecule has 2 aromatic carbocycles. The van der Waals surface area contributed by atoms with Crippen molar-refractivity contribution in [3.63, 3.8) is 0 Å². The molecule has 0 saturated carbocycles. The molecule has 0 aliphatic heterocycles. The molecule has 182 valence electrons. The van der Waals surface area contributed by atoms with Crippen LogP contribution in [0.4, 0.5) is 4.79 Å². The molecular weight excluding hydrogens is 436 g/mol. The van der Waals surface area contributed by atoms with Crippen molar-refractivity contribution in [3.8, 4) is 11.1 Å². The number of carboxylic acid groups (broad SMARTS) is 1. The van der Waals surface area contributed by atoms with Crippen LogP contribution in [-0.4, -0.2) is 56.0 Å². The van der Waals surface area contributed by atoms with Crippen LogP contribution in [0.5, 0.6) is 0 Å². The fourth-order valence-corrected chi connectivity index (χ4v) is 4.28. The minimum atomic E-state index is -0.892. The van der Waals surface area contributed by atoms with E-state index < -0.39 is 18.2 Å². The summed E-state index contributed by atoms with van der Waals surface area (Å²) < 4.78 is 10.7. The van der Waals surface area contributed by atoms with E-state index in [-0.39, 0.29) is 50.3 Å². The van der Waals surface area contributed by atoms with Crippen LogP contribution >= 0.6 is 0 Å². The highest BCUT2D eigenvalue weighted by Crippen LogP contribution is 2.44. The molecule has 2 aromatic rings. The number of benzene rings is 2. The average molecular weight is 469 g/mol. The van der Waals surface area contributed by atoms with Crippen LogP contribution in [0.3, 0.4) is 0 Å². The third-order valence-corrected chi connectivity index (χ3v) is 6.20. The fourth-order valence-electron chi connectivity index (χ4n) is 4.28. The summed E-state index contributed by atoms with van der Waals surface area (Å²) >= 11 is 0. The van der Waals surface area contributed by atoms with Crippen molar-refractivity contribution in [2.24, 2.45) is 5.92 Å². The van der Waals surface area contributed by atoms with Crippen molar-refractivity contribution in [2.75, 3.05) is 26.8 Å². The highest BCUT2D eigenvalue weighted by molar-refractivity contribution is 5.81. The molecule has 0 aromatic heterocycles. The molecule has 8 heteroatoms. The number of alkyl carbamates (subject to hydrolysis) is 1. The summed E-state index contributed by atoms with van der Waals surface area (Å²) in [5.41, 5.74) is 4.60. The van der Waals surface area contributed by atoms with Gasteiger partial charge < -0.3 is 25.2 Å². The zero-order valence-corrected chi connectivity index (χ0v) is 19.6. The van der Waals surface area contributed by atoms with Crippen LogP contribution < -0.4 is 10.6 Å². The quantitative estimate of drug-likeness (QED) is 0.439. The first-order chi connectivity index (χ1) is 16.4. The normalized spacial score (nSPS) is 13.9. The Morgan fingerprint density at radius 3 is 2.18 bits per heavy atom. The van der Waals surface area contributed by atoms with E-state index in [1.165, 1.54) is 7.11 Å². The molecule has 0 heterocycles. The fraction of sp³-hybridized carbons (Fsp3) is 0.423. The molecule has 0 fully saturated rings. The predicted octanol–water partition coefficient (Wildman–Crippen LogP) is 3.55. The summed E-state index contributed by atoms with van der Waals surface area (Å²) in [6.45, 7) is 2.57. The number of carbonyl (C=O) groups is 3. The summed E-state index contributed by atoms with van der Waals surface area (Å²) in [6, 6.07) is 16.2. The van der Waals surface area contributed by atoms with E-state index in [2.05, 4.69) is 34.9 Å². The van der Waals surface area contributed by atoms with Crippen LogP contribution in [-0.2, 0) is 19.1 Å². The lowest BCUT2D eigenvalue weighted by atomic mass is 9.98. The zero-order chi connectivity index (χ0) is 24.5. The van der Waals surface area contributed by atoms with Gasteiger partial charge in [0.1, 0.15) is 12.7 Å². The molecule has 1 aliphatic carbocycles. The Morgan fingerprint density at radius 2 is 1.62 bits per heavy atom. The van der Waals surface area contributed by atoms with Gasteiger partial charge in [-0.3, -0.25) is 9.59 Å². The minimum absolute atomic E-state index is 0.00221. The molecule has 3 N–H and O–H groups in total. The Labute approximate surface area is 199 Å². The number of carboxylic acids is 1. The van der Waals surface area contributed by atoms with Crippen LogP contribution in [0.1, 0.15) is 43.2 Å². The first-order valence-electron chi connectivity index (χ1n) is 11.6. The summed E-state index contributed by atoms with van der Waals surface area (Å²) in [5.74, 6) is -1.39. The number of hydrogen-bond acceptors (Lipinski definition) is 5. The van der Waals surface area contributed by atoms with E-state index in [9.17, 15) is 14.4 Å². The van der Waals surface area contributed by atoms with Crippen molar-refractivity contribution < 1.29 is 29.0 Å². The van der Waals surface area contributed by atoms with Gasteiger partial charge >= 0.3 is 12.1 Å². The van der Waals surface area contributed by atoms with Gasteiger partial charge in [0.25, 0.3) is 0 Å². The second-order valence-electron chi connectivity index (χ2n) is 8.38. The SMILES string of the molecule is CCC(CNC(=O)C(CCNC(=O)OCC1c2ccccc2-c2ccccc21)OC)CC(=O)O. The van der Waals surface area contributed by atoms with Gasteiger partial charge in [-0.05, 0) is 28.2 Å². The zero-order valence-electron chi connectivity index (χ0n) is 19.6. The molecule has 0 radical (unpaired) electrons. The van der Waals surface area contributed by atoms with E-state index in [0.717, 1.165) is 22.3 Å². The van der Waals surface area contributed by atoms with Gasteiger partial charge in [-0.2, -0.15) is 0 Å². The number of fused-ring (bicyclic) bond motifs is 3. The second-order valence-corrected chi connectivity index (χ2v) is 8.38. The third-order valence-electron chi connectivity index (χ3n) is 6.20. The van der Waals surface area contributed by atoms with E-state index >= 15 is 0 Å². The highest BCUT2D eigenvalue weighted by atomic mass is 16.5. The Balaban J connectivity index is 1.44. The standard InChI is InChI=1S/C26H32N2O6/c1-3-17(14-24(29)30)15-28-25(31)23(33-2)12-13-27-26(32)34-16-22-20-10-6-4-8-18(20)19-9-5-7-11-21(19)22/h4-11,17,22-23H,3,12-16H2,1-2H3,(H,27,32)(H,28,31)(H,29,30). The summed E-state index contributed by atoms with van der Waals surface area (Å²) in [6.07, 6.45) is -0.394. The maximum atomic E-state index is 12.4. The first kappa shape index (κ1) is 25.2. The number of rotatable bonds is 12. The summed E-state index contributed by atoms with van der Waals surface area (Å²) in [4.78, 5) is 35.5. The summed E-state index contributed by atoms with van der Waals surface area (Å²) in [5, 5.41) is 14.3. The Morgan fingerprint density at radius 1 is 1.00 bits per heavy atom. The van der Waals surface area contributed by atoms with Crippen molar-refractivity contribution in [1.82, 2.24) is 10.6 Å². The van der Waals surface area contributed by atoms with E-state index in [1.807, 2.05) is 31.2 Å². The lowest BCUT2D eigenvalue weighted by molar-refractivity contribution is -0.138. The van der Waals surface area contributed by atoms with Crippen LogP contribution in [0.25, 0.3) is 11.1 Å². The van der Waals surface area contributed by atoms with E-state index in [1.54, 1.807) is 0 Å². The smallest absolute Gasteiger partial charge is 0.407 e. The monoisotopic (exact) mass is 468 g/mol. The van der Waals surface area contributed by atoms with Crippen LogP contribution in [0.2, 0.25) is 0 Å². The van der Waals surface area contributed by atoms with Crippen LogP contribution in [0, 0.1) is 5.92 Å². The largest absolute Gasteiger partial charge is 0.481 e. The van der Waals surface area contributed by atoms with E-state index in [4.69, 9.17) is 14.6 Å². The molecule has 34 heavy (non-hydrogen) atoms. The average Bonchev–Trinajstić information content (AvgIpc) is 3.16. The number of nitrogens with one attached hydrogen (secondary N) is 2. The van der Waals surface area contributed by atoms with Crippen molar-refractivity contribution in [3.05, 3.63) is 59.7 Å². The van der Waals surface area contributed by atoms with Gasteiger partial charge in [-0.25, -0.2) is 4.79 Å². The lowest BCUT2D eigenvalue weighted by Gasteiger charge is -2.19. The molecule has 0 spiro atoms.